The highest BCUT2D eigenvalue weighted by Crippen LogP contribution is 2.39. The summed E-state index contributed by atoms with van der Waals surface area (Å²) in [5, 5.41) is 2.78. The van der Waals surface area contributed by atoms with Crippen molar-refractivity contribution in [3.8, 4) is 5.75 Å². The fourth-order valence-electron chi connectivity index (χ4n) is 1.27. The van der Waals surface area contributed by atoms with Crippen molar-refractivity contribution in [2.24, 2.45) is 0 Å². The molecule has 1 aromatic rings. The van der Waals surface area contributed by atoms with E-state index in [-0.39, 0.29) is 6.04 Å². The second-order valence-corrected chi connectivity index (χ2v) is 6.88. The lowest BCUT2D eigenvalue weighted by molar-refractivity contribution is 0.0600. The summed E-state index contributed by atoms with van der Waals surface area (Å²) in [6.07, 6.45) is 0. The molecule has 0 aliphatic carbocycles. The van der Waals surface area contributed by atoms with Crippen LogP contribution in [0.2, 0.25) is 0 Å². The first-order valence-corrected chi connectivity index (χ1v) is 8.00. The van der Waals surface area contributed by atoms with Crippen molar-refractivity contribution < 1.29 is 18.9 Å². The molecular formula is C11H16NO4PS. The van der Waals surface area contributed by atoms with Crippen LogP contribution in [0.25, 0.3) is 0 Å². The number of hydrogen-bond acceptors (Lipinski definition) is 4. The monoisotopic (exact) mass is 289 g/mol. The molecule has 0 radical (unpaired) electrons. The zero-order chi connectivity index (χ0) is 13.8. The maximum atomic E-state index is 11.2. The van der Waals surface area contributed by atoms with Gasteiger partial charge in [0, 0.05) is 6.04 Å². The van der Waals surface area contributed by atoms with Gasteiger partial charge in [0.15, 0.2) is 0 Å². The van der Waals surface area contributed by atoms with Gasteiger partial charge in [-0.15, -0.1) is 0 Å². The number of ether oxygens (including phenoxy) is 1. The van der Waals surface area contributed by atoms with E-state index in [1.807, 2.05) is 13.8 Å². The van der Waals surface area contributed by atoms with E-state index in [1.165, 1.54) is 7.11 Å². The Morgan fingerprint density at radius 3 is 2.39 bits per heavy atom. The van der Waals surface area contributed by atoms with Crippen molar-refractivity contribution in [3.05, 3.63) is 29.8 Å². The van der Waals surface area contributed by atoms with Crippen LogP contribution >= 0.6 is 6.64 Å². The van der Waals surface area contributed by atoms with Crippen LogP contribution in [0.1, 0.15) is 24.2 Å². The third-order valence-electron chi connectivity index (χ3n) is 1.93. The SMILES string of the molecule is COC(=O)c1ccc(OP(O)(=S)NC(C)C)cc1. The molecule has 0 amide bonds. The highest BCUT2D eigenvalue weighted by molar-refractivity contribution is 8.08. The molecule has 1 rings (SSSR count). The van der Waals surface area contributed by atoms with E-state index in [1.54, 1.807) is 24.3 Å². The predicted octanol–water partition coefficient (Wildman–Crippen LogP) is 2.07. The van der Waals surface area contributed by atoms with Gasteiger partial charge < -0.3 is 14.2 Å². The lowest BCUT2D eigenvalue weighted by Gasteiger charge is -2.20. The number of carbonyl (C=O) groups excluding carboxylic acids is 1. The fourth-order valence-corrected chi connectivity index (χ4v) is 3.27. The molecule has 1 unspecified atom stereocenters. The third-order valence-corrected chi connectivity index (χ3v) is 3.77. The summed E-state index contributed by atoms with van der Waals surface area (Å²) in [7, 11) is 1.31. The van der Waals surface area contributed by atoms with E-state index in [4.69, 9.17) is 16.3 Å². The molecule has 0 fully saturated rings. The number of esters is 1. The van der Waals surface area contributed by atoms with Crippen LogP contribution in [0.15, 0.2) is 24.3 Å². The Bertz CT molecular complexity index is 461. The van der Waals surface area contributed by atoms with Crippen LogP contribution in [-0.2, 0) is 16.5 Å². The Morgan fingerprint density at radius 2 is 1.94 bits per heavy atom. The minimum Gasteiger partial charge on any atom is -0.465 e. The number of carbonyl (C=O) groups is 1. The number of nitrogens with one attached hydrogen (secondary N) is 1. The molecular weight excluding hydrogens is 273 g/mol. The van der Waals surface area contributed by atoms with Gasteiger partial charge in [0.1, 0.15) is 5.75 Å². The predicted molar refractivity (Wildman–Crippen MR) is 73.2 cm³/mol. The molecule has 0 aliphatic heterocycles. The molecule has 1 aromatic carbocycles. The van der Waals surface area contributed by atoms with Crippen LogP contribution in [0.5, 0.6) is 5.75 Å². The van der Waals surface area contributed by atoms with E-state index in [9.17, 15) is 9.69 Å². The van der Waals surface area contributed by atoms with Crippen LogP contribution in [0.3, 0.4) is 0 Å². The second kappa shape index (κ2) is 6.29. The normalized spacial score (nSPS) is 14.1. The number of methoxy groups -OCH3 is 1. The average molecular weight is 289 g/mol. The zero-order valence-electron chi connectivity index (χ0n) is 10.4. The van der Waals surface area contributed by atoms with Crippen molar-refractivity contribution in [2.75, 3.05) is 7.11 Å². The molecule has 0 heterocycles. The molecule has 18 heavy (non-hydrogen) atoms. The molecule has 0 bridgehead atoms. The molecule has 5 nitrogen and oxygen atoms in total. The summed E-state index contributed by atoms with van der Waals surface area (Å²) >= 11 is 4.95. The second-order valence-electron chi connectivity index (χ2n) is 3.91. The smallest absolute Gasteiger partial charge is 0.337 e. The first-order valence-electron chi connectivity index (χ1n) is 5.32. The maximum Gasteiger partial charge on any atom is 0.337 e. The minimum absolute atomic E-state index is 0.0233. The molecule has 0 aliphatic rings. The highest BCUT2D eigenvalue weighted by Gasteiger charge is 2.16. The van der Waals surface area contributed by atoms with E-state index < -0.39 is 12.6 Å². The fraction of sp³-hybridized carbons (Fsp3) is 0.364. The van der Waals surface area contributed by atoms with Gasteiger partial charge in [-0.05, 0) is 49.9 Å². The van der Waals surface area contributed by atoms with Gasteiger partial charge in [0.05, 0.1) is 12.7 Å². The van der Waals surface area contributed by atoms with Crippen LogP contribution in [-0.4, -0.2) is 24.0 Å². The van der Waals surface area contributed by atoms with E-state index in [0.29, 0.717) is 11.3 Å². The lowest BCUT2D eigenvalue weighted by atomic mass is 10.2. The number of hydrogen-bond donors (Lipinski definition) is 2. The van der Waals surface area contributed by atoms with Gasteiger partial charge in [0.25, 0.3) is 0 Å². The summed E-state index contributed by atoms with van der Waals surface area (Å²) in [6, 6.07) is 6.24. The molecule has 0 aromatic heterocycles. The van der Waals surface area contributed by atoms with Gasteiger partial charge in [0.2, 0.25) is 0 Å². The number of benzene rings is 1. The number of rotatable bonds is 5. The van der Waals surface area contributed by atoms with Crippen molar-refractivity contribution in [1.82, 2.24) is 5.09 Å². The summed E-state index contributed by atoms with van der Waals surface area (Å²) in [4.78, 5) is 21.1. The van der Waals surface area contributed by atoms with E-state index in [2.05, 4.69) is 9.82 Å². The molecule has 2 N–H and O–H groups in total. The van der Waals surface area contributed by atoms with Crippen LogP contribution < -0.4 is 9.61 Å². The van der Waals surface area contributed by atoms with Crippen molar-refractivity contribution in [3.63, 3.8) is 0 Å². The van der Waals surface area contributed by atoms with E-state index in [0.717, 1.165) is 0 Å². The Morgan fingerprint density at radius 1 is 1.39 bits per heavy atom. The first kappa shape index (κ1) is 15.1. The topological polar surface area (TPSA) is 67.8 Å². The lowest BCUT2D eigenvalue weighted by Crippen LogP contribution is -2.21. The minimum atomic E-state index is -3.05. The van der Waals surface area contributed by atoms with Gasteiger partial charge in [-0.1, -0.05) is 0 Å². The molecule has 7 heteroatoms. The summed E-state index contributed by atoms with van der Waals surface area (Å²) < 4.78 is 9.87. The largest absolute Gasteiger partial charge is 0.465 e. The standard InChI is InChI=1S/C11H16NO4PS/c1-8(2)12-17(14,18)16-10-6-4-9(5-7-10)11(13)15-3/h4-8H,1-3H3,(H2,12,14,18). The Hall–Kier alpha value is -0.940. The maximum absolute atomic E-state index is 11.2. The molecule has 0 saturated heterocycles. The summed E-state index contributed by atoms with van der Waals surface area (Å²) in [5.41, 5.74) is 0.410. The third kappa shape index (κ3) is 4.74. The first-order chi connectivity index (χ1) is 8.34. The van der Waals surface area contributed by atoms with Gasteiger partial charge in [-0.2, -0.15) is 0 Å². The average Bonchev–Trinajstić information content (AvgIpc) is 2.26. The van der Waals surface area contributed by atoms with Gasteiger partial charge in [-0.3, -0.25) is 0 Å². The van der Waals surface area contributed by atoms with E-state index >= 15 is 0 Å². The highest BCUT2D eigenvalue weighted by atomic mass is 32.5. The van der Waals surface area contributed by atoms with Crippen LogP contribution in [0.4, 0.5) is 0 Å². The molecule has 0 spiro atoms. The van der Waals surface area contributed by atoms with Crippen molar-refractivity contribution in [1.29, 1.82) is 0 Å². The van der Waals surface area contributed by atoms with Gasteiger partial charge >= 0.3 is 12.6 Å². The Labute approximate surface area is 111 Å². The van der Waals surface area contributed by atoms with Gasteiger partial charge in [-0.25, -0.2) is 9.88 Å². The quantitative estimate of drug-likeness (QED) is 0.639. The molecule has 1 atom stereocenters. The summed E-state index contributed by atoms with van der Waals surface area (Å²) in [5.74, 6) is -0.0214. The zero-order valence-corrected chi connectivity index (χ0v) is 12.1. The molecule has 100 valence electrons. The van der Waals surface area contributed by atoms with Crippen molar-refractivity contribution in [2.45, 2.75) is 19.9 Å². The Kier molecular flexibility index (Phi) is 5.28. The Balaban J connectivity index is 2.75. The summed E-state index contributed by atoms with van der Waals surface area (Å²) in [6.45, 7) is 0.675. The van der Waals surface area contributed by atoms with Crippen molar-refractivity contribution >= 4 is 24.4 Å². The molecule has 0 saturated carbocycles. The van der Waals surface area contributed by atoms with Crippen LogP contribution in [0, 0.1) is 0 Å².